The Bertz CT molecular complexity index is 705. The highest BCUT2D eigenvalue weighted by atomic mass is 32.2. The van der Waals surface area contributed by atoms with Crippen LogP contribution in [0.5, 0.6) is 11.5 Å². The highest BCUT2D eigenvalue weighted by molar-refractivity contribution is 7.97. The van der Waals surface area contributed by atoms with Crippen LogP contribution in [0.3, 0.4) is 0 Å². The van der Waals surface area contributed by atoms with Crippen molar-refractivity contribution in [1.82, 2.24) is 0 Å². The van der Waals surface area contributed by atoms with E-state index < -0.39 is 0 Å². The number of hydrogen-bond acceptors (Lipinski definition) is 2. The van der Waals surface area contributed by atoms with E-state index in [1.165, 1.54) is 52.9 Å². The summed E-state index contributed by atoms with van der Waals surface area (Å²) in [5.41, 5.74) is 0. The SMILES string of the molecule is CCCCOc1ccc([S+](CCCC)CCCC)c2c(OCCCC)cccc12. The monoisotopic (exact) mass is 417 g/mol. The minimum absolute atomic E-state index is 0.269. The number of benzene rings is 2. The minimum Gasteiger partial charge on any atom is -0.493 e. The van der Waals surface area contributed by atoms with Crippen LogP contribution in [0.2, 0.25) is 0 Å². The lowest BCUT2D eigenvalue weighted by Crippen LogP contribution is -2.14. The molecule has 3 heteroatoms. The van der Waals surface area contributed by atoms with Gasteiger partial charge in [-0.15, -0.1) is 0 Å². The topological polar surface area (TPSA) is 18.5 Å². The van der Waals surface area contributed by atoms with Crippen LogP contribution in [0.15, 0.2) is 35.2 Å². The maximum absolute atomic E-state index is 6.29. The van der Waals surface area contributed by atoms with Crippen LogP contribution in [0.4, 0.5) is 0 Å². The second kappa shape index (κ2) is 13.8. The van der Waals surface area contributed by atoms with E-state index in [0.29, 0.717) is 0 Å². The van der Waals surface area contributed by atoms with Gasteiger partial charge in [0.2, 0.25) is 0 Å². The predicted octanol–water partition coefficient (Wildman–Crippen LogP) is 7.78. The van der Waals surface area contributed by atoms with Crippen LogP contribution in [-0.4, -0.2) is 24.7 Å². The van der Waals surface area contributed by atoms with Crippen LogP contribution in [-0.2, 0) is 10.9 Å². The fourth-order valence-electron chi connectivity index (χ4n) is 3.41. The molecule has 0 heterocycles. The summed E-state index contributed by atoms with van der Waals surface area (Å²) in [7, 11) is 0.269. The summed E-state index contributed by atoms with van der Waals surface area (Å²) in [4.78, 5) is 1.48. The standard InChI is InChI=1S/C26H41O2S/c1-5-9-18-27-23-16-17-25(29(20-11-7-3)21-12-8-4)26-22(23)14-13-15-24(26)28-19-10-6-2/h13-17H,5-12,18-21H2,1-4H3/q+1. The van der Waals surface area contributed by atoms with Gasteiger partial charge in [0.1, 0.15) is 23.0 Å². The summed E-state index contributed by atoms with van der Waals surface area (Å²) < 4.78 is 12.5. The zero-order valence-corrected chi connectivity index (χ0v) is 19.9. The van der Waals surface area contributed by atoms with Crippen LogP contribution >= 0.6 is 0 Å². The van der Waals surface area contributed by atoms with E-state index in [1.807, 2.05) is 0 Å². The van der Waals surface area contributed by atoms with Gasteiger partial charge in [-0.25, -0.2) is 0 Å². The molecule has 0 radical (unpaired) electrons. The Hall–Kier alpha value is -1.35. The molecule has 0 saturated carbocycles. The summed E-state index contributed by atoms with van der Waals surface area (Å²) in [6.07, 6.45) is 9.59. The summed E-state index contributed by atoms with van der Waals surface area (Å²) in [5.74, 6) is 4.61. The molecule has 29 heavy (non-hydrogen) atoms. The van der Waals surface area contributed by atoms with Gasteiger partial charge in [-0.3, -0.25) is 0 Å². The van der Waals surface area contributed by atoms with Crippen molar-refractivity contribution in [2.75, 3.05) is 24.7 Å². The number of rotatable bonds is 15. The Balaban J connectivity index is 2.49. The smallest absolute Gasteiger partial charge is 0.166 e. The number of ether oxygens (including phenoxy) is 2. The van der Waals surface area contributed by atoms with Gasteiger partial charge in [-0.05, 0) is 43.9 Å². The van der Waals surface area contributed by atoms with Crippen LogP contribution in [0.25, 0.3) is 10.8 Å². The molecule has 0 aliphatic carbocycles. The van der Waals surface area contributed by atoms with E-state index >= 15 is 0 Å². The van der Waals surface area contributed by atoms with E-state index in [0.717, 1.165) is 50.4 Å². The Kier molecular flexibility index (Phi) is 11.4. The third-order valence-corrected chi connectivity index (χ3v) is 7.76. The normalized spacial score (nSPS) is 11.3. The molecule has 2 rings (SSSR count). The molecular weight excluding hydrogens is 376 g/mol. The molecule has 0 spiro atoms. The highest BCUT2D eigenvalue weighted by Crippen LogP contribution is 2.39. The first kappa shape index (κ1) is 23.9. The lowest BCUT2D eigenvalue weighted by Gasteiger charge is -2.17. The zero-order chi connectivity index (χ0) is 20.9. The van der Waals surface area contributed by atoms with Gasteiger partial charge in [-0.2, -0.15) is 0 Å². The first-order valence-corrected chi connectivity index (χ1v) is 13.3. The van der Waals surface area contributed by atoms with Crippen LogP contribution in [0.1, 0.15) is 79.1 Å². The fourth-order valence-corrected chi connectivity index (χ4v) is 6.09. The zero-order valence-electron chi connectivity index (χ0n) is 19.1. The molecule has 0 atom stereocenters. The van der Waals surface area contributed by atoms with E-state index in [9.17, 15) is 0 Å². The van der Waals surface area contributed by atoms with Crippen molar-refractivity contribution in [3.8, 4) is 11.5 Å². The molecule has 0 aliphatic heterocycles. The molecule has 0 aromatic heterocycles. The quantitative estimate of drug-likeness (QED) is 0.218. The van der Waals surface area contributed by atoms with Gasteiger partial charge >= 0.3 is 0 Å². The first-order valence-electron chi connectivity index (χ1n) is 11.8. The Morgan fingerprint density at radius 3 is 1.83 bits per heavy atom. The molecule has 0 aliphatic rings. The second-order valence-electron chi connectivity index (χ2n) is 7.75. The van der Waals surface area contributed by atoms with Gasteiger partial charge in [-0.1, -0.05) is 65.5 Å². The van der Waals surface area contributed by atoms with Crippen LogP contribution < -0.4 is 9.47 Å². The van der Waals surface area contributed by atoms with Gasteiger partial charge in [0, 0.05) is 16.3 Å². The molecule has 2 aromatic carbocycles. The maximum Gasteiger partial charge on any atom is 0.166 e. The van der Waals surface area contributed by atoms with Crippen molar-refractivity contribution in [2.24, 2.45) is 0 Å². The van der Waals surface area contributed by atoms with Gasteiger partial charge in [0.15, 0.2) is 4.90 Å². The van der Waals surface area contributed by atoms with E-state index in [1.54, 1.807) is 0 Å². The lowest BCUT2D eigenvalue weighted by molar-refractivity contribution is 0.309. The molecule has 2 nitrogen and oxygen atoms in total. The average molecular weight is 418 g/mol. The van der Waals surface area contributed by atoms with Crippen molar-refractivity contribution in [3.63, 3.8) is 0 Å². The Morgan fingerprint density at radius 1 is 0.655 bits per heavy atom. The first-order chi connectivity index (χ1) is 14.3. The van der Waals surface area contributed by atoms with E-state index in [-0.39, 0.29) is 10.9 Å². The predicted molar refractivity (Wildman–Crippen MR) is 130 cm³/mol. The molecule has 0 unspecified atom stereocenters. The molecular formula is C26H41O2S+. The number of unbranched alkanes of at least 4 members (excludes halogenated alkanes) is 4. The van der Waals surface area contributed by atoms with Gasteiger partial charge < -0.3 is 9.47 Å². The Morgan fingerprint density at radius 2 is 1.24 bits per heavy atom. The molecule has 0 bridgehead atoms. The molecule has 162 valence electrons. The van der Waals surface area contributed by atoms with Gasteiger partial charge in [0.05, 0.1) is 18.6 Å². The minimum atomic E-state index is 0.269. The highest BCUT2D eigenvalue weighted by Gasteiger charge is 2.26. The largest absolute Gasteiger partial charge is 0.493 e. The third kappa shape index (κ3) is 7.13. The summed E-state index contributed by atoms with van der Waals surface area (Å²) in [6, 6.07) is 11.0. The number of fused-ring (bicyclic) bond motifs is 1. The third-order valence-electron chi connectivity index (χ3n) is 5.23. The Labute approximate surface area is 181 Å². The maximum atomic E-state index is 6.29. The van der Waals surface area contributed by atoms with Crippen molar-refractivity contribution in [2.45, 2.75) is 84.0 Å². The van der Waals surface area contributed by atoms with E-state index in [2.05, 4.69) is 58.0 Å². The number of hydrogen-bond donors (Lipinski definition) is 0. The second-order valence-corrected chi connectivity index (χ2v) is 9.99. The summed E-state index contributed by atoms with van der Waals surface area (Å²) in [6.45, 7) is 10.6. The van der Waals surface area contributed by atoms with Crippen molar-refractivity contribution in [1.29, 1.82) is 0 Å². The van der Waals surface area contributed by atoms with Gasteiger partial charge in [0.25, 0.3) is 0 Å². The van der Waals surface area contributed by atoms with Crippen molar-refractivity contribution >= 4 is 21.7 Å². The summed E-state index contributed by atoms with van der Waals surface area (Å²) >= 11 is 0. The fraction of sp³-hybridized carbons (Fsp3) is 0.615. The molecule has 0 amide bonds. The van der Waals surface area contributed by atoms with Crippen molar-refractivity contribution in [3.05, 3.63) is 30.3 Å². The van der Waals surface area contributed by atoms with E-state index in [4.69, 9.17) is 9.47 Å². The molecule has 0 saturated heterocycles. The molecule has 0 N–H and O–H groups in total. The lowest BCUT2D eigenvalue weighted by atomic mass is 10.1. The average Bonchev–Trinajstić information content (AvgIpc) is 2.75. The summed E-state index contributed by atoms with van der Waals surface area (Å²) in [5, 5.41) is 2.52. The van der Waals surface area contributed by atoms with Crippen LogP contribution in [0, 0.1) is 0 Å². The van der Waals surface area contributed by atoms with Crippen molar-refractivity contribution < 1.29 is 9.47 Å². The molecule has 2 aromatic rings. The molecule has 0 fully saturated rings.